The summed E-state index contributed by atoms with van der Waals surface area (Å²) >= 11 is 0. The number of aromatic nitrogens is 4. The molecule has 0 radical (unpaired) electrons. The second-order valence-corrected chi connectivity index (χ2v) is 7.79. The summed E-state index contributed by atoms with van der Waals surface area (Å²) in [4.78, 5) is 32.1. The predicted molar refractivity (Wildman–Crippen MR) is 108 cm³/mol. The fraction of sp³-hybridized carbons (Fsp3) is 0.409. The Labute approximate surface area is 169 Å². The van der Waals surface area contributed by atoms with Crippen LogP contribution in [0, 0.1) is 5.92 Å². The van der Waals surface area contributed by atoms with Crippen molar-refractivity contribution in [3.63, 3.8) is 0 Å². The van der Waals surface area contributed by atoms with Crippen LogP contribution in [0.3, 0.4) is 0 Å². The summed E-state index contributed by atoms with van der Waals surface area (Å²) in [5.74, 6) is 0.678. The average molecular weight is 389 g/mol. The molecule has 2 fully saturated rings. The number of fused-ring (bicyclic) bond motifs is 1. The molecule has 0 spiro atoms. The summed E-state index contributed by atoms with van der Waals surface area (Å²) in [5, 5.41) is 1.00. The number of likely N-dealkylation sites (tertiary alicyclic amines) is 1. The fourth-order valence-electron chi connectivity index (χ4n) is 4.24. The third kappa shape index (κ3) is 3.70. The lowest BCUT2D eigenvalue weighted by atomic mass is 9.92. The molecule has 0 aromatic carbocycles. The normalized spacial score (nSPS) is 20.3. The molecule has 29 heavy (non-hydrogen) atoms. The van der Waals surface area contributed by atoms with Gasteiger partial charge in [0.1, 0.15) is 6.33 Å². The van der Waals surface area contributed by atoms with E-state index in [0.29, 0.717) is 19.1 Å². The van der Waals surface area contributed by atoms with Crippen LogP contribution in [0.2, 0.25) is 0 Å². The quantitative estimate of drug-likeness (QED) is 0.685. The maximum Gasteiger partial charge on any atom is 0.228 e. The van der Waals surface area contributed by atoms with Crippen LogP contribution in [-0.2, 0) is 9.53 Å². The molecule has 0 bridgehead atoms. The van der Waals surface area contributed by atoms with Gasteiger partial charge in [-0.25, -0.2) is 19.9 Å². The van der Waals surface area contributed by atoms with E-state index in [-0.39, 0.29) is 11.8 Å². The lowest BCUT2D eigenvalue weighted by Crippen LogP contribution is -2.41. The maximum atomic E-state index is 12.6. The zero-order valence-electron chi connectivity index (χ0n) is 16.2. The molecule has 0 N–H and O–H groups in total. The molecule has 1 unspecified atom stereocenters. The molecule has 7 nitrogen and oxygen atoms in total. The second kappa shape index (κ2) is 7.83. The number of hydrogen-bond acceptors (Lipinski definition) is 6. The number of piperidine rings is 1. The minimum absolute atomic E-state index is 0.0544. The van der Waals surface area contributed by atoms with Gasteiger partial charge < -0.3 is 9.64 Å². The lowest BCUT2D eigenvalue weighted by molar-refractivity contribution is -0.136. The summed E-state index contributed by atoms with van der Waals surface area (Å²) in [6.45, 7) is 2.87. The van der Waals surface area contributed by atoms with Crippen molar-refractivity contribution in [2.45, 2.75) is 25.2 Å². The lowest BCUT2D eigenvalue weighted by Gasteiger charge is -2.33. The monoisotopic (exact) mass is 389 g/mol. The van der Waals surface area contributed by atoms with Crippen LogP contribution >= 0.6 is 0 Å². The van der Waals surface area contributed by atoms with E-state index in [1.54, 1.807) is 12.4 Å². The smallest absolute Gasteiger partial charge is 0.228 e. The summed E-state index contributed by atoms with van der Waals surface area (Å²) in [6, 6.07) is 6.26. The molecule has 2 saturated heterocycles. The fourth-order valence-corrected chi connectivity index (χ4v) is 4.24. The number of pyridine rings is 2. The SMILES string of the molecule is O=C(C1CCOC1)N1CCC(c2ccc3cc(-c4cncnc4)cnc3n2)CC1. The maximum absolute atomic E-state index is 12.6. The Kier molecular flexibility index (Phi) is 4.89. The number of ether oxygens (including phenoxy) is 1. The van der Waals surface area contributed by atoms with Gasteiger partial charge in [-0.3, -0.25) is 4.79 Å². The van der Waals surface area contributed by atoms with E-state index >= 15 is 0 Å². The zero-order valence-corrected chi connectivity index (χ0v) is 16.2. The van der Waals surface area contributed by atoms with Gasteiger partial charge in [-0.1, -0.05) is 0 Å². The van der Waals surface area contributed by atoms with Crippen molar-refractivity contribution in [3.05, 3.63) is 48.8 Å². The van der Waals surface area contributed by atoms with Gasteiger partial charge in [0.25, 0.3) is 0 Å². The Bertz CT molecular complexity index is 1010. The molecule has 7 heteroatoms. The minimum Gasteiger partial charge on any atom is -0.381 e. The van der Waals surface area contributed by atoms with Gasteiger partial charge >= 0.3 is 0 Å². The Morgan fingerprint density at radius 1 is 1.03 bits per heavy atom. The summed E-state index contributed by atoms with van der Waals surface area (Å²) in [6.07, 6.45) is 9.64. The molecule has 1 amide bonds. The highest BCUT2D eigenvalue weighted by Gasteiger charge is 2.31. The van der Waals surface area contributed by atoms with E-state index < -0.39 is 0 Å². The summed E-state index contributed by atoms with van der Waals surface area (Å²) < 4.78 is 5.37. The van der Waals surface area contributed by atoms with Gasteiger partial charge in [0.15, 0.2) is 5.65 Å². The van der Waals surface area contributed by atoms with Crippen molar-refractivity contribution >= 4 is 16.9 Å². The van der Waals surface area contributed by atoms with Crippen LogP contribution in [0.1, 0.15) is 30.9 Å². The molecule has 3 aromatic rings. The van der Waals surface area contributed by atoms with Crippen LogP contribution in [0.25, 0.3) is 22.2 Å². The molecule has 3 aromatic heterocycles. The van der Waals surface area contributed by atoms with Gasteiger partial charge in [-0.05, 0) is 37.5 Å². The molecule has 5 heterocycles. The molecule has 148 valence electrons. The number of nitrogens with zero attached hydrogens (tertiary/aromatic N) is 5. The molecular weight excluding hydrogens is 366 g/mol. The number of carbonyl (C=O) groups excluding carboxylic acids is 1. The van der Waals surface area contributed by atoms with Crippen LogP contribution in [0.4, 0.5) is 0 Å². The van der Waals surface area contributed by atoms with Gasteiger partial charge in [0.2, 0.25) is 5.91 Å². The highest BCUT2D eigenvalue weighted by Crippen LogP contribution is 2.30. The average Bonchev–Trinajstić information content (AvgIpc) is 3.34. The van der Waals surface area contributed by atoms with Crippen LogP contribution in [0.5, 0.6) is 0 Å². The van der Waals surface area contributed by atoms with E-state index in [1.165, 1.54) is 6.33 Å². The minimum atomic E-state index is 0.0544. The third-order valence-electron chi connectivity index (χ3n) is 5.96. The third-order valence-corrected chi connectivity index (χ3v) is 5.96. The number of hydrogen-bond donors (Lipinski definition) is 0. The first-order valence-corrected chi connectivity index (χ1v) is 10.2. The second-order valence-electron chi connectivity index (χ2n) is 7.79. The van der Waals surface area contributed by atoms with Crippen molar-refractivity contribution in [3.8, 4) is 11.1 Å². The van der Waals surface area contributed by atoms with Crippen molar-refractivity contribution in [1.82, 2.24) is 24.8 Å². The topological polar surface area (TPSA) is 81.1 Å². The first-order valence-electron chi connectivity index (χ1n) is 10.2. The van der Waals surface area contributed by atoms with E-state index in [4.69, 9.17) is 9.72 Å². The molecule has 0 aliphatic carbocycles. The Morgan fingerprint density at radius 3 is 2.62 bits per heavy atom. The Morgan fingerprint density at radius 2 is 1.86 bits per heavy atom. The first kappa shape index (κ1) is 18.1. The van der Waals surface area contributed by atoms with Crippen molar-refractivity contribution in [2.24, 2.45) is 5.92 Å². The van der Waals surface area contributed by atoms with Crippen LogP contribution < -0.4 is 0 Å². The van der Waals surface area contributed by atoms with Crippen LogP contribution in [0.15, 0.2) is 43.1 Å². The first-order chi connectivity index (χ1) is 14.3. The van der Waals surface area contributed by atoms with Gasteiger partial charge in [-0.15, -0.1) is 0 Å². The Balaban J connectivity index is 1.29. The molecule has 0 saturated carbocycles. The standard InChI is InChI=1S/C22H23N5O2/c28-22(17-5-8-29-13-17)27-6-3-15(4-7-27)20-2-1-16-9-18(12-25-21(16)26-20)19-10-23-14-24-11-19/h1-2,9-12,14-15,17H,3-8,13H2. The molecule has 1 atom stereocenters. The van der Waals surface area contributed by atoms with Gasteiger partial charge in [0.05, 0.1) is 12.5 Å². The highest BCUT2D eigenvalue weighted by atomic mass is 16.5. The van der Waals surface area contributed by atoms with Crippen LogP contribution in [-0.4, -0.2) is 57.0 Å². The van der Waals surface area contributed by atoms with Gasteiger partial charge in [-0.2, -0.15) is 0 Å². The van der Waals surface area contributed by atoms with E-state index in [1.807, 2.05) is 11.1 Å². The predicted octanol–water partition coefficient (Wildman–Crippen LogP) is 2.83. The largest absolute Gasteiger partial charge is 0.381 e. The molecular formula is C22H23N5O2. The van der Waals surface area contributed by atoms with Crippen molar-refractivity contribution in [2.75, 3.05) is 26.3 Å². The van der Waals surface area contributed by atoms with E-state index in [9.17, 15) is 4.79 Å². The molecule has 2 aliphatic rings. The summed E-state index contributed by atoms with van der Waals surface area (Å²) in [5.41, 5.74) is 3.74. The van der Waals surface area contributed by atoms with E-state index in [0.717, 1.165) is 60.2 Å². The number of amides is 1. The van der Waals surface area contributed by atoms with Crippen molar-refractivity contribution in [1.29, 1.82) is 0 Å². The Hall–Kier alpha value is -2.93. The zero-order chi connectivity index (χ0) is 19.6. The van der Waals surface area contributed by atoms with E-state index in [2.05, 4.69) is 33.2 Å². The molecule has 2 aliphatic heterocycles. The van der Waals surface area contributed by atoms with Gasteiger partial charge in [0, 0.05) is 66.4 Å². The number of carbonyl (C=O) groups is 1. The van der Waals surface area contributed by atoms with Crippen molar-refractivity contribution < 1.29 is 9.53 Å². The highest BCUT2D eigenvalue weighted by molar-refractivity contribution is 5.81. The molecule has 5 rings (SSSR count). The number of rotatable bonds is 3. The summed E-state index contributed by atoms with van der Waals surface area (Å²) in [7, 11) is 0.